The van der Waals surface area contributed by atoms with E-state index in [0.717, 1.165) is 41.7 Å². The number of halogens is 1. The van der Waals surface area contributed by atoms with Gasteiger partial charge in [-0.05, 0) is 68.0 Å². The van der Waals surface area contributed by atoms with Crippen molar-refractivity contribution in [3.05, 3.63) is 94.4 Å². The Morgan fingerprint density at radius 3 is 2.68 bits per heavy atom. The van der Waals surface area contributed by atoms with Crippen LogP contribution in [0.5, 0.6) is 5.75 Å². The van der Waals surface area contributed by atoms with Gasteiger partial charge < -0.3 is 19.2 Å². The molecule has 5 rings (SSSR count). The van der Waals surface area contributed by atoms with E-state index in [1.807, 2.05) is 55.1 Å². The Bertz CT molecular complexity index is 1410. The second kappa shape index (κ2) is 8.78. The molecule has 3 heterocycles. The number of nitrogens with zero attached hydrogens (tertiary/aromatic N) is 4. The second-order valence-electron chi connectivity index (χ2n) is 8.72. The van der Waals surface area contributed by atoms with Gasteiger partial charge in [0.05, 0.1) is 37.1 Å². The highest BCUT2D eigenvalue weighted by Gasteiger charge is 2.26. The number of rotatable bonds is 7. The van der Waals surface area contributed by atoms with E-state index in [4.69, 9.17) is 4.74 Å². The topological polar surface area (TPSA) is 74.0 Å². The zero-order valence-electron chi connectivity index (χ0n) is 19.3. The van der Waals surface area contributed by atoms with E-state index in [9.17, 15) is 9.18 Å². The van der Waals surface area contributed by atoms with Crippen molar-refractivity contribution in [2.75, 3.05) is 12.4 Å². The van der Waals surface area contributed by atoms with Crippen molar-refractivity contribution < 1.29 is 9.13 Å². The first kappa shape index (κ1) is 21.9. The summed E-state index contributed by atoms with van der Waals surface area (Å²) >= 11 is 0. The van der Waals surface area contributed by atoms with Crippen LogP contribution in [0.2, 0.25) is 0 Å². The number of hydrogen-bond donors (Lipinski definition) is 1. The van der Waals surface area contributed by atoms with Crippen LogP contribution < -0.4 is 15.6 Å². The molecule has 7 nitrogen and oxygen atoms in total. The van der Waals surface area contributed by atoms with E-state index in [2.05, 4.69) is 15.3 Å². The van der Waals surface area contributed by atoms with Crippen molar-refractivity contribution in [2.24, 2.45) is 0 Å². The minimum atomic E-state index is -0.422. The van der Waals surface area contributed by atoms with Gasteiger partial charge in [-0.2, -0.15) is 0 Å². The summed E-state index contributed by atoms with van der Waals surface area (Å²) in [6, 6.07) is 8.66. The molecule has 1 aliphatic carbocycles. The lowest BCUT2D eigenvalue weighted by Gasteiger charge is -2.19. The van der Waals surface area contributed by atoms with Crippen LogP contribution in [-0.4, -0.2) is 26.2 Å². The SMILES string of the molecule is COc1cc(Nc2cc(C3CC3)cn([C@@H](C)c3cncc(F)c3)c2=O)ccc1-n1cnc(C)c1. The summed E-state index contributed by atoms with van der Waals surface area (Å²) in [7, 11) is 1.61. The summed E-state index contributed by atoms with van der Waals surface area (Å²) < 4.78 is 22.9. The van der Waals surface area contributed by atoms with Gasteiger partial charge in [0.25, 0.3) is 5.56 Å². The molecule has 1 N–H and O–H groups in total. The molecule has 0 aliphatic heterocycles. The average molecular weight is 460 g/mol. The van der Waals surface area contributed by atoms with Gasteiger partial charge in [0.2, 0.25) is 0 Å². The van der Waals surface area contributed by atoms with Gasteiger partial charge in [-0.3, -0.25) is 9.78 Å². The van der Waals surface area contributed by atoms with Crippen molar-refractivity contribution in [1.29, 1.82) is 0 Å². The molecule has 34 heavy (non-hydrogen) atoms. The first-order chi connectivity index (χ1) is 16.4. The number of pyridine rings is 2. The van der Waals surface area contributed by atoms with Crippen LogP contribution in [-0.2, 0) is 0 Å². The van der Waals surface area contributed by atoms with Crippen LogP contribution in [0.15, 0.2) is 66.2 Å². The van der Waals surface area contributed by atoms with Crippen molar-refractivity contribution in [2.45, 2.75) is 38.6 Å². The first-order valence-corrected chi connectivity index (χ1v) is 11.3. The van der Waals surface area contributed by atoms with Crippen LogP contribution in [0.4, 0.5) is 15.8 Å². The van der Waals surface area contributed by atoms with Crippen LogP contribution in [0.1, 0.15) is 48.5 Å². The Morgan fingerprint density at radius 1 is 1.18 bits per heavy atom. The summed E-state index contributed by atoms with van der Waals surface area (Å²) in [5.41, 5.74) is 4.50. The highest BCUT2D eigenvalue weighted by molar-refractivity contribution is 5.65. The van der Waals surface area contributed by atoms with Gasteiger partial charge in [-0.25, -0.2) is 9.37 Å². The molecule has 0 spiro atoms. The van der Waals surface area contributed by atoms with Gasteiger partial charge in [-0.1, -0.05) is 0 Å². The number of anilines is 2. The Balaban J connectivity index is 1.52. The quantitative estimate of drug-likeness (QED) is 0.415. The van der Waals surface area contributed by atoms with Gasteiger partial charge >= 0.3 is 0 Å². The summed E-state index contributed by atoms with van der Waals surface area (Å²) in [5.74, 6) is 0.668. The standard InChI is InChI=1S/C26H26FN5O2/c1-16-13-31(15-29-16)24-7-6-22(10-25(24)34-3)30-23-9-20(18-4-5-18)14-32(26(23)33)17(2)19-8-21(27)12-28-11-19/h6-15,17-18,30H,4-5H2,1-3H3/t17-/m0/s1. The fraction of sp³-hybridized carbons (Fsp3) is 0.269. The van der Waals surface area contributed by atoms with Gasteiger partial charge in [0, 0.05) is 30.3 Å². The predicted molar refractivity (Wildman–Crippen MR) is 129 cm³/mol. The molecule has 8 heteroatoms. The summed E-state index contributed by atoms with van der Waals surface area (Å²) in [4.78, 5) is 21.7. The zero-order valence-corrected chi connectivity index (χ0v) is 19.3. The van der Waals surface area contributed by atoms with Crippen LogP contribution in [0.25, 0.3) is 5.69 Å². The molecule has 0 bridgehead atoms. The molecule has 0 unspecified atom stereocenters. The molecule has 174 valence electrons. The molecule has 3 aromatic heterocycles. The van der Waals surface area contributed by atoms with Gasteiger partial charge in [0.15, 0.2) is 0 Å². The number of aromatic nitrogens is 4. The summed E-state index contributed by atoms with van der Waals surface area (Å²) in [6.45, 7) is 3.81. The Kier molecular flexibility index (Phi) is 5.65. The molecule has 0 radical (unpaired) electrons. The lowest BCUT2D eigenvalue weighted by Crippen LogP contribution is -2.26. The zero-order chi connectivity index (χ0) is 23.8. The molecular formula is C26H26FN5O2. The first-order valence-electron chi connectivity index (χ1n) is 11.3. The highest BCUT2D eigenvalue weighted by Crippen LogP contribution is 2.41. The molecule has 0 amide bonds. The Labute approximate surface area is 196 Å². The molecule has 1 aromatic carbocycles. The minimum Gasteiger partial charge on any atom is -0.494 e. The van der Waals surface area contributed by atoms with Crippen molar-refractivity contribution in [3.63, 3.8) is 0 Å². The molecule has 1 fully saturated rings. The maximum absolute atomic E-state index is 13.8. The Morgan fingerprint density at radius 2 is 2.00 bits per heavy atom. The normalized spacial score (nSPS) is 14.1. The summed E-state index contributed by atoms with van der Waals surface area (Å²) in [5, 5.41) is 3.28. The molecule has 1 atom stereocenters. The van der Waals surface area contributed by atoms with E-state index >= 15 is 0 Å². The molecule has 0 saturated heterocycles. The fourth-order valence-electron chi connectivity index (χ4n) is 4.14. The van der Waals surface area contributed by atoms with Crippen molar-refractivity contribution >= 4 is 11.4 Å². The van der Waals surface area contributed by atoms with E-state index in [0.29, 0.717) is 22.9 Å². The minimum absolute atomic E-state index is 0.186. The van der Waals surface area contributed by atoms with E-state index < -0.39 is 5.82 Å². The summed E-state index contributed by atoms with van der Waals surface area (Å²) in [6.07, 6.45) is 10.5. The monoisotopic (exact) mass is 459 g/mol. The molecular weight excluding hydrogens is 433 g/mol. The maximum Gasteiger partial charge on any atom is 0.274 e. The second-order valence-corrected chi connectivity index (χ2v) is 8.72. The molecule has 1 aliphatic rings. The van der Waals surface area contributed by atoms with Crippen LogP contribution in [0.3, 0.4) is 0 Å². The number of benzene rings is 1. The van der Waals surface area contributed by atoms with Gasteiger partial charge in [-0.15, -0.1) is 0 Å². The third kappa shape index (κ3) is 4.31. The number of imidazole rings is 1. The van der Waals surface area contributed by atoms with Gasteiger partial charge in [0.1, 0.15) is 17.3 Å². The van der Waals surface area contributed by atoms with Crippen molar-refractivity contribution in [3.8, 4) is 11.4 Å². The van der Waals surface area contributed by atoms with E-state index in [-0.39, 0.29) is 11.6 Å². The molecule has 4 aromatic rings. The maximum atomic E-state index is 13.8. The third-order valence-electron chi connectivity index (χ3n) is 6.19. The van der Waals surface area contributed by atoms with Crippen molar-refractivity contribution in [1.82, 2.24) is 19.1 Å². The average Bonchev–Trinajstić information content (AvgIpc) is 3.60. The largest absolute Gasteiger partial charge is 0.494 e. The van der Waals surface area contributed by atoms with E-state index in [1.54, 1.807) is 24.2 Å². The van der Waals surface area contributed by atoms with Crippen LogP contribution >= 0.6 is 0 Å². The third-order valence-corrected chi connectivity index (χ3v) is 6.19. The number of hydrogen-bond acceptors (Lipinski definition) is 5. The number of ether oxygens (including phenoxy) is 1. The predicted octanol–water partition coefficient (Wildman–Crippen LogP) is 5.12. The van der Waals surface area contributed by atoms with Crippen LogP contribution in [0, 0.1) is 12.7 Å². The number of aryl methyl sites for hydroxylation is 1. The lowest BCUT2D eigenvalue weighted by molar-refractivity contribution is 0.413. The fourth-order valence-corrected chi connectivity index (χ4v) is 4.14. The molecule has 1 saturated carbocycles. The highest BCUT2D eigenvalue weighted by atomic mass is 19.1. The Hall–Kier alpha value is -3.94. The number of nitrogens with one attached hydrogen (secondary N) is 1. The number of methoxy groups -OCH3 is 1. The smallest absolute Gasteiger partial charge is 0.274 e. The lowest BCUT2D eigenvalue weighted by atomic mass is 10.1. The van der Waals surface area contributed by atoms with E-state index in [1.165, 1.54) is 6.07 Å².